The standard InChI is InChI=1S/C17H21N3O3/c21-16(9-1-2-14-12(3-9)7-18-8-19-14)20-15-6-10-4-11(17(22)23)5-13(10)15/h7-11,13,15H,1-6H2,(H,20,21)(H,22,23)/t9?,10-,11?,13-,15-/m1/s1. The van der Waals surface area contributed by atoms with Crippen LogP contribution in [-0.2, 0) is 22.4 Å². The molecule has 2 unspecified atom stereocenters. The van der Waals surface area contributed by atoms with Crippen LogP contribution in [0.5, 0.6) is 0 Å². The van der Waals surface area contributed by atoms with Gasteiger partial charge in [-0.1, -0.05) is 0 Å². The molecule has 3 aliphatic carbocycles. The van der Waals surface area contributed by atoms with Crippen LogP contribution in [0.4, 0.5) is 0 Å². The molecule has 4 rings (SSSR count). The molecule has 1 aromatic rings. The number of fused-ring (bicyclic) bond motifs is 2. The monoisotopic (exact) mass is 315 g/mol. The smallest absolute Gasteiger partial charge is 0.306 e. The second-order valence-electron chi connectivity index (χ2n) is 7.22. The summed E-state index contributed by atoms with van der Waals surface area (Å²) in [5, 5.41) is 12.3. The number of aliphatic carboxylic acids is 1. The van der Waals surface area contributed by atoms with Gasteiger partial charge in [0.15, 0.2) is 0 Å². The van der Waals surface area contributed by atoms with E-state index in [0.717, 1.165) is 36.9 Å². The number of amides is 1. The maximum absolute atomic E-state index is 12.5. The second-order valence-corrected chi connectivity index (χ2v) is 7.22. The highest BCUT2D eigenvalue weighted by atomic mass is 16.4. The van der Waals surface area contributed by atoms with Crippen LogP contribution in [0.25, 0.3) is 0 Å². The number of carboxylic acid groups (broad SMARTS) is 1. The number of hydrogen-bond donors (Lipinski definition) is 2. The van der Waals surface area contributed by atoms with E-state index in [2.05, 4.69) is 15.3 Å². The summed E-state index contributed by atoms with van der Waals surface area (Å²) in [5.41, 5.74) is 2.14. The van der Waals surface area contributed by atoms with E-state index in [1.165, 1.54) is 0 Å². The fraction of sp³-hybridized carbons (Fsp3) is 0.647. The highest BCUT2D eigenvalue weighted by molar-refractivity contribution is 5.80. The molecule has 0 spiro atoms. The largest absolute Gasteiger partial charge is 0.481 e. The van der Waals surface area contributed by atoms with Crippen molar-refractivity contribution in [2.24, 2.45) is 23.7 Å². The Bertz CT molecular complexity index is 648. The molecule has 0 radical (unpaired) electrons. The summed E-state index contributed by atoms with van der Waals surface area (Å²) in [4.78, 5) is 32.0. The van der Waals surface area contributed by atoms with Crippen molar-refractivity contribution in [3.63, 3.8) is 0 Å². The number of nitrogens with zero attached hydrogens (tertiary/aromatic N) is 2. The number of carboxylic acids is 1. The molecule has 6 nitrogen and oxygen atoms in total. The van der Waals surface area contributed by atoms with Crippen molar-refractivity contribution in [3.8, 4) is 0 Å². The number of rotatable bonds is 3. The first-order chi connectivity index (χ1) is 11.1. The molecule has 2 N–H and O–H groups in total. The molecular weight excluding hydrogens is 294 g/mol. The zero-order valence-electron chi connectivity index (χ0n) is 12.9. The number of hydrogen-bond acceptors (Lipinski definition) is 4. The molecule has 0 aromatic carbocycles. The Kier molecular flexibility index (Phi) is 3.54. The third-order valence-electron chi connectivity index (χ3n) is 5.95. The summed E-state index contributed by atoms with van der Waals surface area (Å²) in [5.74, 6) is 0.0473. The van der Waals surface area contributed by atoms with Gasteiger partial charge >= 0.3 is 5.97 Å². The van der Waals surface area contributed by atoms with Crippen LogP contribution >= 0.6 is 0 Å². The summed E-state index contributed by atoms with van der Waals surface area (Å²) in [6.07, 6.45) is 8.17. The fourth-order valence-electron chi connectivity index (χ4n) is 4.58. The molecule has 3 aliphatic rings. The zero-order chi connectivity index (χ0) is 16.0. The predicted octanol–water partition coefficient (Wildman–Crippen LogP) is 1.20. The number of aryl methyl sites for hydroxylation is 1. The molecule has 6 heteroatoms. The molecule has 122 valence electrons. The minimum atomic E-state index is -0.687. The third-order valence-corrected chi connectivity index (χ3v) is 5.95. The van der Waals surface area contributed by atoms with Gasteiger partial charge in [-0.15, -0.1) is 0 Å². The van der Waals surface area contributed by atoms with Gasteiger partial charge in [-0.3, -0.25) is 9.59 Å². The minimum absolute atomic E-state index is 0.00998. The molecule has 1 heterocycles. The molecule has 0 saturated heterocycles. The predicted molar refractivity (Wildman–Crippen MR) is 81.4 cm³/mol. The number of carbonyl (C=O) groups is 2. The molecule has 1 amide bonds. The van der Waals surface area contributed by atoms with E-state index in [4.69, 9.17) is 5.11 Å². The van der Waals surface area contributed by atoms with Gasteiger partial charge in [0.25, 0.3) is 0 Å². The number of carbonyl (C=O) groups excluding carboxylic acids is 1. The van der Waals surface area contributed by atoms with E-state index in [9.17, 15) is 9.59 Å². The lowest BCUT2D eigenvalue weighted by atomic mass is 9.71. The first kappa shape index (κ1) is 14.6. The lowest BCUT2D eigenvalue weighted by Crippen LogP contribution is -2.52. The molecule has 2 fully saturated rings. The highest BCUT2D eigenvalue weighted by Crippen LogP contribution is 2.49. The van der Waals surface area contributed by atoms with Crippen LogP contribution < -0.4 is 5.32 Å². The van der Waals surface area contributed by atoms with Crippen LogP contribution in [0.2, 0.25) is 0 Å². The highest BCUT2D eigenvalue weighted by Gasteiger charge is 2.50. The quantitative estimate of drug-likeness (QED) is 0.874. The Morgan fingerprint density at radius 2 is 2.09 bits per heavy atom. The van der Waals surface area contributed by atoms with E-state index in [0.29, 0.717) is 24.7 Å². The molecule has 23 heavy (non-hydrogen) atoms. The fourth-order valence-corrected chi connectivity index (χ4v) is 4.58. The molecule has 0 bridgehead atoms. The zero-order valence-corrected chi connectivity index (χ0v) is 12.9. The summed E-state index contributed by atoms with van der Waals surface area (Å²) >= 11 is 0. The van der Waals surface area contributed by atoms with Gasteiger partial charge < -0.3 is 10.4 Å². The number of nitrogens with one attached hydrogen (secondary N) is 1. The van der Waals surface area contributed by atoms with Crippen molar-refractivity contribution in [2.45, 2.75) is 44.6 Å². The minimum Gasteiger partial charge on any atom is -0.481 e. The molecular formula is C17H21N3O3. The lowest BCUT2D eigenvalue weighted by Gasteiger charge is -2.41. The third kappa shape index (κ3) is 2.60. The molecule has 0 aliphatic heterocycles. The summed E-state index contributed by atoms with van der Waals surface area (Å²) < 4.78 is 0. The summed E-state index contributed by atoms with van der Waals surface area (Å²) in [6, 6.07) is 0.172. The van der Waals surface area contributed by atoms with Gasteiger partial charge in [0.05, 0.1) is 5.92 Å². The van der Waals surface area contributed by atoms with Gasteiger partial charge in [-0.25, -0.2) is 9.97 Å². The summed E-state index contributed by atoms with van der Waals surface area (Å²) in [7, 11) is 0. The Morgan fingerprint density at radius 3 is 2.91 bits per heavy atom. The van der Waals surface area contributed by atoms with Crippen LogP contribution in [0.15, 0.2) is 12.5 Å². The van der Waals surface area contributed by atoms with Crippen LogP contribution in [0.3, 0.4) is 0 Å². The van der Waals surface area contributed by atoms with Gasteiger partial charge in [0, 0.05) is 23.9 Å². The van der Waals surface area contributed by atoms with Gasteiger partial charge in [0.2, 0.25) is 5.91 Å². The first-order valence-corrected chi connectivity index (χ1v) is 8.42. The lowest BCUT2D eigenvalue weighted by molar-refractivity contribution is -0.141. The van der Waals surface area contributed by atoms with E-state index in [-0.39, 0.29) is 23.8 Å². The van der Waals surface area contributed by atoms with Crippen LogP contribution in [0.1, 0.15) is 36.9 Å². The van der Waals surface area contributed by atoms with Gasteiger partial charge in [0.1, 0.15) is 6.33 Å². The topological polar surface area (TPSA) is 92.2 Å². The van der Waals surface area contributed by atoms with Crippen molar-refractivity contribution in [1.29, 1.82) is 0 Å². The van der Waals surface area contributed by atoms with Crippen molar-refractivity contribution in [1.82, 2.24) is 15.3 Å². The van der Waals surface area contributed by atoms with Gasteiger partial charge in [-0.05, 0) is 55.9 Å². The van der Waals surface area contributed by atoms with E-state index >= 15 is 0 Å². The van der Waals surface area contributed by atoms with Crippen molar-refractivity contribution in [2.75, 3.05) is 0 Å². The van der Waals surface area contributed by atoms with Crippen LogP contribution in [0, 0.1) is 23.7 Å². The Labute approximate surface area is 134 Å². The van der Waals surface area contributed by atoms with Crippen LogP contribution in [-0.4, -0.2) is 33.0 Å². The van der Waals surface area contributed by atoms with Crippen molar-refractivity contribution in [3.05, 3.63) is 23.8 Å². The molecule has 2 saturated carbocycles. The van der Waals surface area contributed by atoms with Crippen molar-refractivity contribution >= 4 is 11.9 Å². The van der Waals surface area contributed by atoms with E-state index in [1.807, 2.05) is 6.20 Å². The summed E-state index contributed by atoms with van der Waals surface area (Å²) in [6.45, 7) is 0. The maximum Gasteiger partial charge on any atom is 0.306 e. The van der Waals surface area contributed by atoms with E-state index in [1.54, 1.807) is 6.33 Å². The average Bonchev–Trinajstić information content (AvgIpc) is 2.89. The Hall–Kier alpha value is -1.98. The van der Waals surface area contributed by atoms with Gasteiger partial charge in [-0.2, -0.15) is 0 Å². The van der Waals surface area contributed by atoms with E-state index < -0.39 is 5.97 Å². The maximum atomic E-state index is 12.5. The molecule has 5 atom stereocenters. The number of aromatic nitrogens is 2. The molecule has 1 aromatic heterocycles. The Morgan fingerprint density at radius 1 is 1.22 bits per heavy atom. The normalized spacial score (nSPS) is 34.9. The SMILES string of the molecule is O=C(O)C1C[C@@H]2C[C@@H](NC(=O)C3CCc4ncncc4C3)[C@@H]2C1. The van der Waals surface area contributed by atoms with Crippen molar-refractivity contribution < 1.29 is 14.7 Å². The first-order valence-electron chi connectivity index (χ1n) is 8.42. The second kappa shape index (κ2) is 5.58. The Balaban J connectivity index is 1.34. The average molecular weight is 315 g/mol.